The van der Waals surface area contributed by atoms with Gasteiger partial charge in [0.2, 0.25) is 0 Å². The number of aliphatic hydroxyl groups excluding tert-OH is 2. The maximum absolute atomic E-state index is 12.3. The third-order valence-corrected chi connectivity index (χ3v) is 8.73. The molecule has 0 unspecified atom stereocenters. The minimum absolute atomic E-state index is 0.138. The molecule has 0 aromatic carbocycles. The summed E-state index contributed by atoms with van der Waals surface area (Å²) in [6.07, 6.45) is 5.51. The number of aliphatic hydroxyl groups is 2. The molecular weight excluding hydrogens is 366 g/mol. The van der Waals surface area contributed by atoms with Crippen molar-refractivity contribution in [3.05, 3.63) is 11.6 Å². The summed E-state index contributed by atoms with van der Waals surface area (Å²) in [6, 6.07) is 0. The lowest BCUT2D eigenvalue weighted by atomic mass is 9.42. The fourth-order valence-corrected chi connectivity index (χ4v) is 6.93. The van der Waals surface area contributed by atoms with Crippen molar-refractivity contribution in [2.24, 2.45) is 34.5 Å². The smallest absolute Gasteiger partial charge is 0.330 e. The Labute approximate surface area is 176 Å². The van der Waals surface area contributed by atoms with Crippen molar-refractivity contribution in [3.63, 3.8) is 0 Å². The lowest BCUT2D eigenvalue weighted by Gasteiger charge is -2.64. The third-order valence-electron chi connectivity index (χ3n) is 8.73. The van der Waals surface area contributed by atoms with Gasteiger partial charge in [-0.25, -0.2) is 4.79 Å². The molecule has 5 nitrogen and oxygen atoms in total. The number of allylic oxidation sites excluding steroid dienone is 1. The molecule has 0 spiro atoms. The first-order chi connectivity index (χ1) is 13.5. The number of likely N-dealkylation sites (N-methyl/N-ethyl adjacent to an activating group) is 1. The highest BCUT2D eigenvalue weighted by Crippen LogP contribution is 2.64. The van der Waals surface area contributed by atoms with Gasteiger partial charge in [-0.3, -0.25) is 0 Å². The van der Waals surface area contributed by atoms with Gasteiger partial charge >= 0.3 is 5.97 Å². The summed E-state index contributed by atoms with van der Waals surface area (Å²) in [5, 5.41) is 21.8. The van der Waals surface area contributed by atoms with Gasteiger partial charge in [0, 0.05) is 12.6 Å². The average molecular weight is 408 g/mol. The number of carbonyl (C=O) groups is 1. The van der Waals surface area contributed by atoms with E-state index in [1.807, 2.05) is 19.0 Å². The highest BCUT2D eigenvalue weighted by atomic mass is 16.5. The largest absolute Gasteiger partial charge is 0.461 e. The van der Waals surface area contributed by atoms with E-state index in [2.05, 4.69) is 27.7 Å². The van der Waals surface area contributed by atoms with Crippen LogP contribution in [0.15, 0.2) is 11.6 Å². The van der Waals surface area contributed by atoms with Gasteiger partial charge in [-0.2, -0.15) is 0 Å². The monoisotopic (exact) mass is 407 g/mol. The second kappa shape index (κ2) is 8.32. The Morgan fingerprint density at radius 3 is 2.59 bits per heavy atom. The van der Waals surface area contributed by atoms with Gasteiger partial charge in [0.15, 0.2) is 0 Å². The molecule has 0 aromatic heterocycles. The molecular formula is C24H41NO4. The molecule has 0 heterocycles. The normalized spacial score (nSPS) is 43.0. The molecule has 5 heteroatoms. The first kappa shape index (κ1) is 22.8. The zero-order valence-corrected chi connectivity index (χ0v) is 19.1. The first-order valence-electron chi connectivity index (χ1n) is 11.4. The molecule has 3 fully saturated rings. The van der Waals surface area contributed by atoms with Crippen LogP contribution in [-0.2, 0) is 9.53 Å². The van der Waals surface area contributed by atoms with Crippen molar-refractivity contribution in [1.82, 2.24) is 4.90 Å². The summed E-state index contributed by atoms with van der Waals surface area (Å²) in [6.45, 7) is 10.0. The number of hydrogen-bond donors (Lipinski definition) is 2. The molecule has 7 atom stereocenters. The lowest BCUT2D eigenvalue weighted by Crippen LogP contribution is -2.61. The molecule has 0 bridgehead atoms. The maximum Gasteiger partial charge on any atom is 0.330 e. The summed E-state index contributed by atoms with van der Waals surface area (Å²) in [4.78, 5) is 14.3. The lowest BCUT2D eigenvalue weighted by molar-refractivity contribution is -0.190. The topological polar surface area (TPSA) is 70.0 Å². The van der Waals surface area contributed by atoms with Crippen molar-refractivity contribution in [3.8, 4) is 0 Å². The third kappa shape index (κ3) is 4.15. The quantitative estimate of drug-likeness (QED) is 0.553. The standard InChI is InChI=1S/C24H41NO4/c1-15-16(13-21(28)29-12-11-25(5)6)7-8-17-22(15)18(26)14-19-23(2,3)20(27)9-10-24(17,19)4/h13,15,17-20,22,26-27H,7-12,14H2,1-6H3/b16-13+/t15-,17-,18-,19-,20-,22-,24+/m0/s1. The predicted octanol–water partition coefficient (Wildman–Crippen LogP) is 3.25. The molecule has 0 aliphatic heterocycles. The Morgan fingerprint density at radius 1 is 1.24 bits per heavy atom. The van der Waals surface area contributed by atoms with Gasteiger partial charge in [0.1, 0.15) is 6.61 Å². The van der Waals surface area contributed by atoms with Crippen molar-refractivity contribution in [2.75, 3.05) is 27.2 Å². The SMILES string of the molecule is C[C@H]1/C(=C/C(=O)OCCN(C)C)CC[C@H]2[C@H]1[C@@H](O)C[C@H]1C(C)(C)[C@@H](O)CC[C@]21C. The molecule has 3 saturated carbocycles. The maximum atomic E-state index is 12.3. The number of rotatable bonds is 4. The zero-order chi connectivity index (χ0) is 21.6. The Morgan fingerprint density at radius 2 is 1.93 bits per heavy atom. The van der Waals surface area contributed by atoms with Crippen LogP contribution in [0.1, 0.15) is 59.8 Å². The number of fused-ring (bicyclic) bond motifs is 3. The number of hydrogen-bond acceptors (Lipinski definition) is 5. The Balaban J connectivity index is 1.77. The second-order valence-corrected chi connectivity index (χ2v) is 10.9. The van der Waals surface area contributed by atoms with E-state index in [1.165, 1.54) is 0 Å². The fourth-order valence-electron chi connectivity index (χ4n) is 6.93. The van der Waals surface area contributed by atoms with E-state index in [4.69, 9.17) is 4.74 Å². The molecule has 3 aliphatic rings. The van der Waals surface area contributed by atoms with Crippen molar-refractivity contribution in [1.29, 1.82) is 0 Å². The Bertz CT molecular complexity index is 643. The summed E-state index contributed by atoms with van der Waals surface area (Å²) in [5.41, 5.74) is 1.09. The number of ether oxygens (including phenoxy) is 1. The van der Waals surface area contributed by atoms with E-state index in [-0.39, 0.29) is 40.8 Å². The minimum atomic E-state index is -0.383. The van der Waals surface area contributed by atoms with Crippen LogP contribution in [0.4, 0.5) is 0 Å². The van der Waals surface area contributed by atoms with Crippen LogP contribution < -0.4 is 0 Å². The van der Waals surface area contributed by atoms with Gasteiger partial charge < -0.3 is 19.8 Å². The summed E-state index contributed by atoms with van der Waals surface area (Å²) in [5.74, 6) is 0.849. The summed E-state index contributed by atoms with van der Waals surface area (Å²) >= 11 is 0. The van der Waals surface area contributed by atoms with Crippen molar-refractivity contribution in [2.45, 2.75) is 72.0 Å². The predicted molar refractivity (Wildman–Crippen MR) is 114 cm³/mol. The van der Waals surface area contributed by atoms with Gasteiger partial charge in [0.25, 0.3) is 0 Å². The second-order valence-electron chi connectivity index (χ2n) is 10.9. The van der Waals surface area contributed by atoms with Crippen molar-refractivity contribution >= 4 is 5.97 Å². The van der Waals surface area contributed by atoms with Gasteiger partial charge in [-0.1, -0.05) is 33.3 Å². The van der Waals surface area contributed by atoms with E-state index in [9.17, 15) is 15.0 Å². The molecule has 0 radical (unpaired) electrons. The number of nitrogens with zero attached hydrogens (tertiary/aromatic N) is 1. The number of esters is 1. The molecule has 0 saturated heterocycles. The highest BCUT2D eigenvalue weighted by Gasteiger charge is 2.60. The van der Waals surface area contributed by atoms with E-state index in [1.54, 1.807) is 6.08 Å². The van der Waals surface area contributed by atoms with Crippen LogP contribution in [0.3, 0.4) is 0 Å². The summed E-state index contributed by atoms with van der Waals surface area (Å²) < 4.78 is 5.36. The van der Waals surface area contributed by atoms with Gasteiger partial charge in [0.05, 0.1) is 12.2 Å². The highest BCUT2D eigenvalue weighted by molar-refractivity contribution is 5.83. The molecule has 3 rings (SSSR count). The van der Waals surface area contributed by atoms with Crippen LogP contribution >= 0.6 is 0 Å². The van der Waals surface area contributed by atoms with Crippen molar-refractivity contribution < 1.29 is 19.7 Å². The fraction of sp³-hybridized carbons (Fsp3) is 0.875. The molecule has 29 heavy (non-hydrogen) atoms. The molecule has 0 aromatic rings. The Kier molecular flexibility index (Phi) is 6.53. The van der Waals surface area contributed by atoms with Crippen LogP contribution in [0.2, 0.25) is 0 Å². The molecule has 3 aliphatic carbocycles. The van der Waals surface area contributed by atoms with Gasteiger partial charge in [-0.05, 0) is 80.7 Å². The average Bonchev–Trinajstić information content (AvgIpc) is 2.63. The van der Waals surface area contributed by atoms with E-state index >= 15 is 0 Å². The van der Waals surface area contributed by atoms with E-state index in [0.29, 0.717) is 18.4 Å². The number of carbonyl (C=O) groups excluding carboxylic acids is 1. The van der Waals surface area contributed by atoms with Gasteiger partial charge in [-0.15, -0.1) is 0 Å². The molecule has 2 N–H and O–H groups in total. The first-order valence-corrected chi connectivity index (χ1v) is 11.4. The van der Waals surface area contributed by atoms with E-state index in [0.717, 1.165) is 44.2 Å². The van der Waals surface area contributed by atoms with Crippen LogP contribution in [0, 0.1) is 34.5 Å². The Hall–Kier alpha value is -0.910. The minimum Gasteiger partial charge on any atom is -0.461 e. The molecule has 0 amide bonds. The van der Waals surface area contributed by atoms with Crippen LogP contribution in [0.5, 0.6) is 0 Å². The van der Waals surface area contributed by atoms with E-state index < -0.39 is 0 Å². The zero-order valence-electron chi connectivity index (χ0n) is 19.1. The summed E-state index contributed by atoms with van der Waals surface area (Å²) in [7, 11) is 3.92. The van der Waals surface area contributed by atoms with Crippen LogP contribution in [-0.4, -0.2) is 60.5 Å². The molecule has 166 valence electrons. The van der Waals surface area contributed by atoms with Crippen LogP contribution in [0.25, 0.3) is 0 Å².